The molecule has 2 aromatic carbocycles. The maximum Gasteiger partial charge on any atom is 0.243 e. The Morgan fingerprint density at radius 2 is 1.77 bits per heavy atom. The molecule has 8 heteroatoms. The Labute approximate surface area is 176 Å². The van der Waals surface area contributed by atoms with Crippen LogP contribution in [0, 0.1) is 0 Å². The number of hydrogen-bond donors (Lipinski definition) is 0. The smallest absolute Gasteiger partial charge is 0.243 e. The van der Waals surface area contributed by atoms with Crippen LogP contribution in [-0.2, 0) is 16.6 Å². The number of hydrogen-bond acceptors (Lipinski definition) is 6. The molecule has 7 nitrogen and oxygen atoms in total. The Morgan fingerprint density at radius 1 is 1.03 bits per heavy atom. The Kier molecular flexibility index (Phi) is 5.80. The monoisotopic (exact) mass is 425 g/mol. The summed E-state index contributed by atoms with van der Waals surface area (Å²) in [4.78, 5) is 18.2. The minimum atomic E-state index is -3.63. The minimum absolute atomic E-state index is 0.155. The number of ketones is 1. The van der Waals surface area contributed by atoms with Crippen LogP contribution in [0.2, 0.25) is 0 Å². The summed E-state index contributed by atoms with van der Waals surface area (Å²) >= 11 is 0. The van der Waals surface area contributed by atoms with Crippen molar-refractivity contribution in [3.63, 3.8) is 0 Å². The minimum Gasteiger partial charge on any atom is -0.439 e. The average molecular weight is 426 g/mol. The van der Waals surface area contributed by atoms with Crippen molar-refractivity contribution in [3.05, 3.63) is 72.2 Å². The molecule has 3 aromatic rings. The molecule has 30 heavy (non-hydrogen) atoms. The molecule has 1 aliphatic heterocycles. The fraction of sp³-hybridized carbons (Fsp3) is 0.273. The van der Waals surface area contributed by atoms with Crippen LogP contribution in [0.3, 0.4) is 0 Å². The maximum atomic E-state index is 13.0. The van der Waals surface area contributed by atoms with Gasteiger partial charge in [0.05, 0.1) is 17.6 Å². The topological polar surface area (TPSA) is 83.7 Å². The maximum absolute atomic E-state index is 13.0. The highest BCUT2D eigenvalue weighted by molar-refractivity contribution is 7.89. The van der Waals surface area contributed by atoms with Crippen molar-refractivity contribution in [1.29, 1.82) is 0 Å². The predicted octanol–water partition coefficient (Wildman–Crippen LogP) is 3.05. The van der Waals surface area contributed by atoms with Crippen molar-refractivity contribution in [2.45, 2.75) is 18.4 Å². The summed E-state index contributed by atoms with van der Waals surface area (Å²) in [5.74, 6) is 1.18. The first-order valence-electron chi connectivity index (χ1n) is 9.77. The van der Waals surface area contributed by atoms with E-state index in [1.54, 1.807) is 18.3 Å². The van der Waals surface area contributed by atoms with Crippen LogP contribution in [0.25, 0.3) is 11.3 Å². The first kappa shape index (κ1) is 20.5. The quantitative estimate of drug-likeness (QED) is 0.565. The van der Waals surface area contributed by atoms with Gasteiger partial charge in [0.2, 0.25) is 15.9 Å². The molecule has 0 N–H and O–H groups in total. The molecule has 1 aliphatic rings. The largest absolute Gasteiger partial charge is 0.439 e. The lowest BCUT2D eigenvalue weighted by molar-refractivity contribution is 0.101. The Bertz CT molecular complexity index is 1130. The van der Waals surface area contributed by atoms with Gasteiger partial charge < -0.3 is 4.42 Å². The van der Waals surface area contributed by atoms with Crippen molar-refractivity contribution in [2.24, 2.45) is 0 Å². The number of carbonyl (C=O) groups is 1. The molecule has 4 rings (SSSR count). The van der Waals surface area contributed by atoms with E-state index in [0.29, 0.717) is 44.2 Å². The number of carbonyl (C=O) groups excluding carboxylic acids is 1. The van der Waals surface area contributed by atoms with Gasteiger partial charge in [-0.25, -0.2) is 13.4 Å². The zero-order valence-electron chi connectivity index (χ0n) is 16.7. The van der Waals surface area contributed by atoms with Gasteiger partial charge in [0, 0.05) is 37.3 Å². The van der Waals surface area contributed by atoms with Crippen molar-refractivity contribution < 1.29 is 17.6 Å². The first-order valence-corrected chi connectivity index (χ1v) is 11.2. The third-order valence-electron chi connectivity index (χ3n) is 5.18. The lowest BCUT2D eigenvalue weighted by atomic mass is 10.2. The summed E-state index contributed by atoms with van der Waals surface area (Å²) in [6.07, 6.45) is 1.72. The highest BCUT2D eigenvalue weighted by Crippen LogP contribution is 2.22. The van der Waals surface area contributed by atoms with Crippen LogP contribution >= 0.6 is 0 Å². The predicted molar refractivity (Wildman–Crippen MR) is 112 cm³/mol. The van der Waals surface area contributed by atoms with E-state index in [1.165, 1.54) is 23.4 Å². The molecule has 0 amide bonds. The molecule has 0 atom stereocenters. The van der Waals surface area contributed by atoms with Crippen molar-refractivity contribution in [3.8, 4) is 11.3 Å². The van der Waals surface area contributed by atoms with E-state index >= 15 is 0 Å². The van der Waals surface area contributed by atoms with Gasteiger partial charge in [0.1, 0.15) is 0 Å². The number of sulfonamides is 1. The summed E-state index contributed by atoms with van der Waals surface area (Å²) in [5.41, 5.74) is 1.37. The summed E-state index contributed by atoms with van der Waals surface area (Å²) in [7, 11) is -3.63. The Hall–Kier alpha value is -2.81. The summed E-state index contributed by atoms with van der Waals surface area (Å²) in [6, 6.07) is 16.0. The first-order chi connectivity index (χ1) is 14.4. The van der Waals surface area contributed by atoms with Crippen LogP contribution in [0.15, 0.2) is 70.1 Å². The third kappa shape index (κ3) is 4.35. The van der Waals surface area contributed by atoms with E-state index in [4.69, 9.17) is 4.42 Å². The normalized spacial score (nSPS) is 15.9. The number of oxazole rings is 1. The molecule has 1 saturated heterocycles. The van der Waals surface area contributed by atoms with Crippen molar-refractivity contribution >= 4 is 15.8 Å². The van der Waals surface area contributed by atoms with Crippen LogP contribution < -0.4 is 0 Å². The van der Waals surface area contributed by atoms with E-state index < -0.39 is 10.0 Å². The molecular weight excluding hydrogens is 402 g/mol. The van der Waals surface area contributed by atoms with Gasteiger partial charge in [-0.1, -0.05) is 42.5 Å². The number of aromatic nitrogens is 1. The average Bonchev–Trinajstić information content (AvgIpc) is 3.23. The number of benzene rings is 2. The van der Waals surface area contributed by atoms with E-state index in [2.05, 4.69) is 9.88 Å². The molecule has 0 radical (unpaired) electrons. The molecule has 1 aromatic heterocycles. The zero-order valence-corrected chi connectivity index (χ0v) is 17.5. The van der Waals surface area contributed by atoms with Gasteiger partial charge in [-0.2, -0.15) is 4.31 Å². The number of rotatable bonds is 6. The SMILES string of the molecule is CC(=O)c1cccc(S(=O)(=O)N2CCN(Cc3ncc(-c4ccccc4)o3)CC2)c1. The molecular formula is C22H23N3O4S. The fourth-order valence-corrected chi connectivity index (χ4v) is 4.93. The van der Waals surface area contributed by atoms with Gasteiger partial charge in [-0.15, -0.1) is 0 Å². The molecule has 0 unspecified atom stereocenters. The summed E-state index contributed by atoms with van der Waals surface area (Å²) in [5, 5.41) is 0. The van der Waals surface area contributed by atoms with E-state index in [9.17, 15) is 13.2 Å². The van der Waals surface area contributed by atoms with Gasteiger partial charge in [0.15, 0.2) is 11.5 Å². The highest BCUT2D eigenvalue weighted by Gasteiger charge is 2.29. The van der Waals surface area contributed by atoms with Crippen LogP contribution in [-0.4, -0.2) is 54.6 Å². The number of Topliss-reactive ketones (excluding diaryl/α,β-unsaturated/α-hetero) is 1. The lowest BCUT2D eigenvalue weighted by Crippen LogP contribution is -2.48. The lowest BCUT2D eigenvalue weighted by Gasteiger charge is -2.33. The van der Waals surface area contributed by atoms with Crippen molar-refractivity contribution in [1.82, 2.24) is 14.2 Å². The van der Waals surface area contributed by atoms with Gasteiger partial charge in [0.25, 0.3) is 0 Å². The third-order valence-corrected chi connectivity index (χ3v) is 7.07. The van der Waals surface area contributed by atoms with E-state index in [0.717, 1.165) is 11.3 Å². The zero-order chi connectivity index (χ0) is 21.1. The second kappa shape index (κ2) is 8.51. The summed E-state index contributed by atoms with van der Waals surface area (Å²) < 4.78 is 33.2. The van der Waals surface area contributed by atoms with Crippen molar-refractivity contribution in [2.75, 3.05) is 26.2 Å². The molecule has 0 saturated carbocycles. The number of piperazine rings is 1. The molecule has 0 spiro atoms. The molecule has 0 aliphatic carbocycles. The molecule has 1 fully saturated rings. The Morgan fingerprint density at radius 3 is 2.47 bits per heavy atom. The second-order valence-corrected chi connectivity index (χ2v) is 9.19. The van der Waals surface area contributed by atoms with E-state index in [-0.39, 0.29) is 10.7 Å². The molecule has 2 heterocycles. The highest BCUT2D eigenvalue weighted by atomic mass is 32.2. The van der Waals surface area contributed by atoms with Gasteiger partial charge in [-0.3, -0.25) is 9.69 Å². The molecule has 0 bridgehead atoms. The molecule has 156 valence electrons. The van der Waals surface area contributed by atoms with Gasteiger partial charge in [-0.05, 0) is 19.1 Å². The van der Waals surface area contributed by atoms with Crippen LogP contribution in [0.1, 0.15) is 23.2 Å². The standard InChI is InChI=1S/C22H23N3O4S/c1-17(26)19-8-5-9-20(14-19)30(27,28)25-12-10-24(11-13-25)16-22-23-15-21(29-22)18-6-3-2-4-7-18/h2-9,14-15H,10-13,16H2,1H3. The summed E-state index contributed by atoms with van der Waals surface area (Å²) in [6.45, 7) is 3.86. The second-order valence-electron chi connectivity index (χ2n) is 7.25. The van der Waals surface area contributed by atoms with E-state index in [1.807, 2.05) is 30.3 Å². The fourth-order valence-electron chi connectivity index (χ4n) is 3.46. The Balaban J connectivity index is 1.39. The van der Waals surface area contributed by atoms with Gasteiger partial charge >= 0.3 is 0 Å². The van der Waals surface area contributed by atoms with Crippen LogP contribution in [0.5, 0.6) is 0 Å². The van der Waals surface area contributed by atoms with Crippen LogP contribution in [0.4, 0.5) is 0 Å². The number of nitrogens with zero attached hydrogens (tertiary/aromatic N) is 3.